The number of hydrogen-bond acceptors (Lipinski definition) is 8. The molecule has 1 aliphatic rings. The number of amides is 1. The van der Waals surface area contributed by atoms with Gasteiger partial charge in [0.1, 0.15) is 12.1 Å². The van der Waals surface area contributed by atoms with Crippen molar-refractivity contribution in [3.05, 3.63) is 53.7 Å². The maximum atomic E-state index is 16.0. The number of carbonyl (C=O) groups excluding carboxylic acids is 1. The molecule has 4 rings (SSSR count). The lowest BCUT2D eigenvalue weighted by atomic mass is 9.91. The minimum atomic E-state index is -1.82. The zero-order valence-electron chi connectivity index (χ0n) is 17.5. The van der Waals surface area contributed by atoms with Gasteiger partial charge < -0.3 is 20.5 Å². The lowest BCUT2D eigenvalue weighted by molar-refractivity contribution is -0.0345. The van der Waals surface area contributed by atoms with Crippen LogP contribution in [0.25, 0.3) is 5.65 Å². The van der Waals surface area contributed by atoms with Crippen LogP contribution in [0.5, 0.6) is 0 Å². The highest BCUT2D eigenvalue weighted by Gasteiger charge is 2.45. The van der Waals surface area contributed by atoms with E-state index in [1.54, 1.807) is 11.0 Å². The summed E-state index contributed by atoms with van der Waals surface area (Å²) in [5.41, 5.74) is 5.29. The predicted octanol–water partition coefficient (Wildman–Crippen LogP) is 1.15. The summed E-state index contributed by atoms with van der Waals surface area (Å²) in [7, 11) is 0. The Hall–Kier alpha value is -3.62. The molecule has 1 aliphatic heterocycles. The van der Waals surface area contributed by atoms with E-state index in [1.807, 2.05) is 6.07 Å². The van der Waals surface area contributed by atoms with Gasteiger partial charge in [-0.15, -0.1) is 0 Å². The molecule has 3 aromatic heterocycles. The summed E-state index contributed by atoms with van der Waals surface area (Å²) in [5.74, 6) is -0.717. The third-order valence-electron chi connectivity index (χ3n) is 5.43. The zero-order valence-corrected chi connectivity index (χ0v) is 17.5. The predicted molar refractivity (Wildman–Crippen MR) is 111 cm³/mol. The van der Waals surface area contributed by atoms with E-state index in [0.717, 1.165) is 0 Å². The molecule has 11 heteroatoms. The number of anilines is 1. The number of nitriles is 1. The van der Waals surface area contributed by atoms with Gasteiger partial charge in [0.2, 0.25) is 0 Å². The second-order valence-corrected chi connectivity index (χ2v) is 8.17. The van der Waals surface area contributed by atoms with E-state index in [-0.39, 0.29) is 11.6 Å². The second kappa shape index (κ2) is 8.14. The van der Waals surface area contributed by atoms with Crippen LogP contribution in [0.1, 0.15) is 41.5 Å². The highest BCUT2D eigenvalue weighted by molar-refractivity contribution is 5.98. The first-order chi connectivity index (χ1) is 15.2. The number of hydrogen-bond donors (Lipinski definition) is 2. The lowest BCUT2D eigenvalue weighted by Crippen LogP contribution is -2.56. The second-order valence-electron chi connectivity index (χ2n) is 8.17. The molecule has 1 amide bonds. The number of halogens is 1. The molecule has 166 valence electrons. The fraction of sp³-hybridized carbons (Fsp3) is 0.381. The maximum Gasteiger partial charge on any atom is 0.252 e. The Balaban J connectivity index is 1.95. The van der Waals surface area contributed by atoms with Gasteiger partial charge in [0.15, 0.2) is 11.8 Å². The van der Waals surface area contributed by atoms with Gasteiger partial charge in [0.05, 0.1) is 59.8 Å². The fourth-order valence-corrected chi connectivity index (χ4v) is 3.74. The largest absolute Gasteiger partial charge is 0.387 e. The van der Waals surface area contributed by atoms with E-state index in [0.29, 0.717) is 35.8 Å². The molecule has 0 spiro atoms. The Morgan fingerprint density at radius 1 is 1.44 bits per heavy atom. The molecule has 32 heavy (non-hydrogen) atoms. The number of nitrogens with zero attached hydrogens (tertiary/aromatic N) is 6. The Labute approximate surface area is 183 Å². The molecule has 0 aliphatic carbocycles. The number of ether oxygens (including phenoxy) is 1. The number of primary amides is 1. The molecule has 3 aromatic rings. The van der Waals surface area contributed by atoms with Crippen molar-refractivity contribution in [2.75, 3.05) is 18.1 Å². The number of aliphatic hydroxyl groups is 1. The molecule has 10 nitrogen and oxygen atoms in total. The van der Waals surface area contributed by atoms with Crippen LogP contribution in [0.15, 0.2) is 36.9 Å². The van der Waals surface area contributed by atoms with Crippen molar-refractivity contribution in [1.29, 1.82) is 5.26 Å². The highest BCUT2D eigenvalue weighted by atomic mass is 19.1. The van der Waals surface area contributed by atoms with E-state index in [2.05, 4.69) is 15.1 Å². The average Bonchev–Trinajstić information content (AvgIpc) is 3.14. The first-order valence-corrected chi connectivity index (χ1v) is 9.92. The van der Waals surface area contributed by atoms with Crippen molar-refractivity contribution >= 4 is 17.2 Å². The minimum absolute atomic E-state index is 0.112. The Morgan fingerprint density at radius 2 is 2.19 bits per heavy atom. The zero-order chi connectivity index (χ0) is 23.0. The van der Waals surface area contributed by atoms with Gasteiger partial charge in [-0.2, -0.15) is 10.4 Å². The molecule has 1 saturated heterocycles. The van der Waals surface area contributed by atoms with Gasteiger partial charge in [0, 0.05) is 18.5 Å². The molecule has 0 bridgehead atoms. The summed E-state index contributed by atoms with van der Waals surface area (Å²) >= 11 is 0. The Bertz CT molecular complexity index is 1200. The molecule has 1 fully saturated rings. The number of imidazole rings is 1. The topological polar surface area (TPSA) is 143 Å². The smallest absolute Gasteiger partial charge is 0.252 e. The minimum Gasteiger partial charge on any atom is -0.387 e. The van der Waals surface area contributed by atoms with Crippen molar-refractivity contribution in [3.63, 3.8) is 0 Å². The molecular formula is C21H22FN7O3. The molecule has 0 radical (unpaired) electrons. The van der Waals surface area contributed by atoms with E-state index >= 15 is 4.39 Å². The summed E-state index contributed by atoms with van der Waals surface area (Å²) in [5, 5.41) is 24.0. The number of rotatable bonds is 7. The van der Waals surface area contributed by atoms with Gasteiger partial charge >= 0.3 is 0 Å². The molecular weight excluding hydrogens is 417 g/mol. The van der Waals surface area contributed by atoms with E-state index in [1.165, 1.54) is 49.2 Å². The number of carbonyl (C=O) groups is 1. The van der Waals surface area contributed by atoms with Crippen molar-refractivity contribution in [1.82, 2.24) is 19.6 Å². The molecule has 3 N–H and O–H groups in total. The van der Waals surface area contributed by atoms with Crippen LogP contribution in [-0.4, -0.2) is 61.6 Å². The van der Waals surface area contributed by atoms with Crippen LogP contribution in [0.3, 0.4) is 0 Å². The first-order valence-electron chi connectivity index (χ1n) is 9.92. The summed E-state index contributed by atoms with van der Waals surface area (Å²) in [4.78, 5) is 22.1. The Kier molecular flexibility index (Phi) is 5.50. The summed E-state index contributed by atoms with van der Waals surface area (Å²) < 4.78 is 22.8. The van der Waals surface area contributed by atoms with Gasteiger partial charge in [-0.25, -0.2) is 13.9 Å². The quantitative estimate of drug-likeness (QED) is 0.558. The molecule has 2 atom stereocenters. The first kappa shape index (κ1) is 21.6. The van der Waals surface area contributed by atoms with E-state index in [9.17, 15) is 9.90 Å². The number of aromatic nitrogens is 4. The number of fused-ring (bicyclic) bond motifs is 1. The van der Waals surface area contributed by atoms with Crippen molar-refractivity contribution < 1.29 is 19.0 Å². The standard InChI is InChI=1S/C21H22FN7O3/c1-21(2,31)19(22)18(16-9-26-17-5-12(6-23)7-27-29(16)17)28(13-10-32-11-13)15-3-4-25-8-14(15)20(24)30/h3-5,7-9,13,18-19,31H,10-11H2,1-2H3,(H2,24,30)/t18-,19-/m1/s1. The van der Waals surface area contributed by atoms with Gasteiger partial charge in [-0.05, 0) is 19.9 Å². The molecule has 0 saturated carbocycles. The van der Waals surface area contributed by atoms with E-state index < -0.39 is 23.7 Å². The van der Waals surface area contributed by atoms with Crippen LogP contribution in [0.4, 0.5) is 10.1 Å². The maximum absolute atomic E-state index is 16.0. The lowest BCUT2D eigenvalue weighted by Gasteiger charge is -2.46. The van der Waals surface area contributed by atoms with Gasteiger partial charge in [0.25, 0.3) is 5.91 Å². The number of nitrogens with two attached hydrogens (primary N) is 1. The van der Waals surface area contributed by atoms with Crippen molar-refractivity contribution in [2.45, 2.75) is 37.7 Å². The third kappa shape index (κ3) is 3.74. The molecule has 0 aromatic carbocycles. The molecule has 4 heterocycles. The highest BCUT2D eigenvalue weighted by Crippen LogP contribution is 2.40. The van der Waals surface area contributed by atoms with Gasteiger partial charge in [-0.1, -0.05) is 0 Å². The summed E-state index contributed by atoms with van der Waals surface area (Å²) in [6.45, 7) is 3.31. The normalized spacial score (nSPS) is 16.2. The summed E-state index contributed by atoms with van der Waals surface area (Å²) in [6, 6.07) is 3.69. The average molecular weight is 439 g/mol. The summed E-state index contributed by atoms with van der Waals surface area (Å²) in [6.07, 6.45) is 3.78. The Morgan fingerprint density at radius 3 is 2.78 bits per heavy atom. The van der Waals surface area contributed by atoms with Crippen LogP contribution in [0, 0.1) is 11.3 Å². The van der Waals surface area contributed by atoms with Crippen molar-refractivity contribution in [2.24, 2.45) is 5.73 Å². The molecule has 0 unspecified atom stereocenters. The number of alkyl halides is 1. The monoisotopic (exact) mass is 439 g/mol. The SMILES string of the molecule is CC(C)(O)[C@H](F)[C@@H](c1cnc2cc(C#N)cnn12)N(c1ccncc1C(N)=O)C1COC1. The van der Waals surface area contributed by atoms with E-state index in [4.69, 9.17) is 15.7 Å². The van der Waals surface area contributed by atoms with Crippen LogP contribution < -0.4 is 10.6 Å². The fourth-order valence-electron chi connectivity index (χ4n) is 3.74. The van der Waals surface area contributed by atoms with Gasteiger partial charge in [-0.3, -0.25) is 9.78 Å². The van der Waals surface area contributed by atoms with Crippen LogP contribution in [0.2, 0.25) is 0 Å². The van der Waals surface area contributed by atoms with Crippen LogP contribution >= 0.6 is 0 Å². The van der Waals surface area contributed by atoms with Crippen molar-refractivity contribution in [3.8, 4) is 6.07 Å². The third-order valence-corrected chi connectivity index (χ3v) is 5.43. The van der Waals surface area contributed by atoms with Crippen LogP contribution in [-0.2, 0) is 4.74 Å². The number of pyridine rings is 1.